The molecule has 2 fully saturated rings. The minimum Gasteiger partial charge on any atom is -0.378 e. The van der Waals surface area contributed by atoms with E-state index in [0.717, 1.165) is 31.4 Å². The van der Waals surface area contributed by atoms with Crippen LogP contribution in [0.15, 0.2) is 60.5 Å². The first kappa shape index (κ1) is 15.6. The van der Waals surface area contributed by atoms with Crippen LogP contribution in [0.5, 0.6) is 0 Å². The minimum absolute atomic E-state index is 0.334. The molecule has 3 rings (SSSR count). The van der Waals surface area contributed by atoms with Crippen LogP contribution in [0, 0.1) is 0 Å². The van der Waals surface area contributed by atoms with Gasteiger partial charge in [0.1, 0.15) is 13.2 Å². The molecule has 3 atom stereocenters. The maximum absolute atomic E-state index is 4.25. The molecule has 3 aliphatic rings. The van der Waals surface area contributed by atoms with Crippen molar-refractivity contribution in [2.45, 2.75) is 42.2 Å². The Morgan fingerprint density at radius 2 is 2.23 bits per heavy atom. The molecule has 0 aromatic heterocycles. The molecule has 1 N–H and O–H groups in total. The monoisotopic (exact) mass is 312 g/mol. The van der Waals surface area contributed by atoms with Crippen LogP contribution < -0.4 is 5.32 Å². The molecule has 0 saturated carbocycles. The van der Waals surface area contributed by atoms with Crippen LogP contribution in [-0.4, -0.2) is 36.0 Å². The summed E-state index contributed by atoms with van der Waals surface area (Å²) in [6, 6.07) is 0.334. The third kappa shape index (κ3) is 2.94. The topological polar surface area (TPSA) is 15.3 Å². The van der Waals surface area contributed by atoms with Gasteiger partial charge in [-0.25, -0.2) is 0 Å². The fraction of sp³-hybridized carbons (Fsp3) is 0.444. The van der Waals surface area contributed by atoms with Gasteiger partial charge in [-0.05, 0) is 18.4 Å². The van der Waals surface area contributed by atoms with Gasteiger partial charge in [0, 0.05) is 29.6 Å². The van der Waals surface area contributed by atoms with Gasteiger partial charge in [-0.2, -0.15) is 0 Å². The second-order valence-electron chi connectivity index (χ2n) is 6.33. The van der Waals surface area contributed by atoms with Crippen LogP contribution in [-0.2, 0) is 0 Å². The molecule has 0 spiro atoms. The van der Waals surface area contributed by atoms with Crippen molar-refractivity contribution in [3.63, 3.8) is 0 Å². The molecule has 1 unspecified atom stereocenters. The zero-order chi connectivity index (χ0) is 15.7. The van der Waals surface area contributed by atoms with Gasteiger partial charge >= 0.3 is 0 Å². The average Bonchev–Trinajstić information content (AvgIpc) is 2.93. The first-order valence-corrected chi connectivity index (χ1v) is 9.13. The van der Waals surface area contributed by atoms with Gasteiger partial charge in [0.2, 0.25) is 0 Å². The molecule has 116 valence electrons. The second kappa shape index (κ2) is 6.45. The van der Waals surface area contributed by atoms with Crippen molar-refractivity contribution in [3.05, 3.63) is 60.5 Å². The second-order valence-corrected chi connectivity index (χ2v) is 7.66. The van der Waals surface area contributed by atoms with E-state index >= 15 is 0 Å². The first-order chi connectivity index (χ1) is 10.6. The summed E-state index contributed by atoms with van der Waals surface area (Å²) in [6.07, 6.45) is 11.1. The number of allylic oxidation sites excluding steroid dienone is 4. The fourth-order valence-electron chi connectivity index (χ4n) is 3.29. The Labute approximate surface area is 139 Å². The van der Waals surface area contributed by atoms with Crippen LogP contribution >= 0.6 is 11.8 Å². The van der Waals surface area contributed by atoms with Crippen LogP contribution in [0.3, 0.4) is 0 Å². The smallest absolute Gasteiger partial charge is 0.106 e. The van der Waals surface area contributed by atoms with E-state index in [0.29, 0.717) is 16.7 Å². The molecule has 1 aliphatic carbocycles. The maximum atomic E-state index is 4.25. The molecule has 2 nitrogen and oxygen atoms in total. The molecule has 22 heavy (non-hydrogen) atoms. The molecule has 2 aliphatic heterocycles. The fourth-order valence-corrected chi connectivity index (χ4v) is 4.98. The van der Waals surface area contributed by atoms with Crippen molar-refractivity contribution in [2.75, 3.05) is 6.54 Å². The van der Waals surface area contributed by atoms with Crippen LogP contribution in [0.25, 0.3) is 0 Å². The lowest BCUT2D eigenvalue weighted by Gasteiger charge is -2.47. The summed E-state index contributed by atoms with van der Waals surface area (Å²) in [5.41, 5.74) is 5.03. The van der Waals surface area contributed by atoms with E-state index in [1.165, 1.54) is 23.3 Å². The summed E-state index contributed by atoms with van der Waals surface area (Å²) < 4.78 is 0. The zero-order valence-corrected chi connectivity index (χ0v) is 14.3. The maximum Gasteiger partial charge on any atom is 0.106 e. The SMILES string of the molecule is BCC(=C)[C@H]1CN2C(=C)[C@@H](NC(=C)CC3=CCCC=C3)C2S1. The van der Waals surface area contributed by atoms with E-state index < -0.39 is 0 Å². The van der Waals surface area contributed by atoms with Gasteiger partial charge in [-0.3, -0.25) is 0 Å². The Morgan fingerprint density at radius 3 is 2.91 bits per heavy atom. The van der Waals surface area contributed by atoms with E-state index in [4.69, 9.17) is 0 Å². The quantitative estimate of drug-likeness (QED) is 0.599. The molecule has 2 heterocycles. The highest BCUT2D eigenvalue weighted by molar-refractivity contribution is 8.01. The number of fused-ring (bicyclic) bond motifs is 1. The molecule has 4 heteroatoms. The van der Waals surface area contributed by atoms with Crippen molar-refractivity contribution in [1.29, 1.82) is 0 Å². The number of nitrogens with zero attached hydrogens (tertiary/aromatic N) is 1. The third-order valence-electron chi connectivity index (χ3n) is 4.74. The van der Waals surface area contributed by atoms with Gasteiger partial charge in [0.25, 0.3) is 0 Å². The van der Waals surface area contributed by atoms with E-state index in [1.54, 1.807) is 0 Å². The Hall–Kier alpha value is -1.29. The predicted octanol–water partition coefficient (Wildman–Crippen LogP) is 3.00. The van der Waals surface area contributed by atoms with Crippen LogP contribution in [0.1, 0.15) is 19.3 Å². The van der Waals surface area contributed by atoms with Crippen molar-refractivity contribution in [1.82, 2.24) is 10.2 Å². The summed E-state index contributed by atoms with van der Waals surface area (Å²) in [4.78, 5) is 2.42. The zero-order valence-electron chi connectivity index (χ0n) is 13.5. The predicted molar refractivity (Wildman–Crippen MR) is 101 cm³/mol. The summed E-state index contributed by atoms with van der Waals surface area (Å²) in [5, 5.41) is 4.65. The van der Waals surface area contributed by atoms with Gasteiger partial charge in [-0.1, -0.05) is 49.9 Å². The van der Waals surface area contributed by atoms with Crippen molar-refractivity contribution < 1.29 is 0 Å². The average molecular weight is 312 g/mol. The van der Waals surface area contributed by atoms with Crippen LogP contribution in [0.2, 0.25) is 6.32 Å². The Balaban J connectivity index is 1.54. The number of hydrogen-bond acceptors (Lipinski definition) is 3. The van der Waals surface area contributed by atoms with Crippen LogP contribution in [0.4, 0.5) is 0 Å². The largest absolute Gasteiger partial charge is 0.378 e. The summed E-state index contributed by atoms with van der Waals surface area (Å²) in [7, 11) is 2.19. The molecule has 0 amide bonds. The number of nitrogens with one attached hydrogen (secondary N) is 1. The summed E-state index contributed by atoms with van der Waals surface area (Å²) in [6.45, 7) is 13.8. The lowest BCUT2D eigenvalue weighted by molar-refractivity contribution is 0.201. The lowest BCUT2D eigenvalue weighted by Crippen LogP contribution is -2.58. The molecular weight excluding hydrogens is 287 g/mol. The Kier molecular flexibility index (Phi) is 4.58. The Morgan fingerprint density at radius 1 is 1.41 bits per heavy atom. The number of rotatable bonds is 6. The number of thioether (sulfide) groups is 1. The van der Waals surface area contributed by atoms with Gasteiger partial charge in [-0.15, -0.1) is 11.8 Å². The van der Waals surface area contributed by atoms with E-state index in [-0.39, 0.29) is 0 Å². The highest BCUT2D eigenvalue weighted by Crippen LogP contribution is 2.47. The van der Waals surface area contributed by atoms with E-state index in [9.17, 15) is 0 Å². The summed E-state index contributed by atoms with van der Waals surface area (Å²) >= 11 is 2.03. The van der Waals surface area contributed by atoms with Gasteiger partial charge in [0.05, 0.1) is 6.04 Å². The third-order valence-corrected chi connectivity index (χ3v) is 6.36. The molecule has 0 radical (unpaired) electrons. The van der Waals surface area contributed by atoms with Crippen molar-refractivity contribution >= 4 is 19.6 Å². The molecule has 0 aromatic rings. The number of hydrogen-bond donors (Lipinski definition) is 1. The molecule has 0 aromatic carbocycles. The van der Waals surface area contributed by atoms with E-state index in [2.05, 4.69) is 56.0 Å². The molecule has 0 bridgehead atoms. The van der Waals surface area contributed by atoms with Gasteiger partial charge in [0.15, 0.2) is 0 Å². The Bertz CT molecular complexity index is 563. The lowest BCUT2D eigenvalue weighted by atomic mass is 9.94. The minimum atomic E-state index is 0.334. The summed E-state index contributed by atoms with van der Waals surface area (Å²) in [5.74, 6) is 0. The van der Waals surface area contributed by atoms with Gasteiger partial charge < -0.3 is 10.2 Å². The van der Waals surface area contributed by atoms with Crippen molar-refractivity contribution in [3.8, 4) is 0 Å². The van der Waals surface area contributed by atoms with E-state index in [1.807, 2.05) is 11.8 Å². The molecule has 2 saturated heterocycles. The standard InChI is InChI=1S/C18H25BN2S/c1-12(10-19)16-11-21-14(3)17(18(21)22-16)20-13(2)9-15-7-5-4-6-8-15/h5,7-8,16-18,20H,1-4,6,9-11,19H2/t16-,17-,18?/m1/s1. The highest BCUT2D eigenvalue weighted by Gasteiger charge is 2.49. The highest BCUT2D eigenvalue weighted by atomic mass is 32.2. The molecular formula is C18H25BN2S. The van der Waals surface area contributed by atoms with Crippen molar-refractivity contribution in [2.24, 2.45) is 0 Å². The normalized spacial score (nSPS) is 29.6. The first-order valence-electron chi connectivity index (χ1n) is 8.18.